The van der Waals surface area contributed by atoms with E-state index in [0.29, 0.717) is 22.6 Å². The number of carbonyl (C=O) groups excluding carboxylic acids is 2. The molecule has 214 valence electrons. The average Bonchev–Trinajstić information content (AvgIpc) is 3.10. The third-order valence-electron chi connectivity index (χ3n) is 7.03. The Morgan fingerprint density at radius 1 is 0.756 bits per heavy atom. The molecule has 0 saturated carbocycles. The van der Waals surface area contributed by atoms with Gasteiger partial charge < -0.3 is 10.5 Å². The second-order valence-electron chi connectivity index (χ2n) is 9.73. The lowest BCUT2D eigenvalue weighted by Gasteiger charge is -2.20. The molecule has 5 rings (SSSR count). The van der Waals surface area contributed by atoms with E-state index in [0.717, 1.165) is 25.7 Å². The topological polar surface area (TPSA) is 146 Å². The Labute approximate surface area is 238 Å². The summed E-state index contributed by atoms with van der Waals surface area (Å²) < 4.78 is 62.5. The maximum absolute atomic E-state index is 13.9. The molecule has 3 aromatic carbocycles. The molecule has 0 atom stereocenters. The number of hydrogen-bond donors (Lipinski definition) is 1. The molecule has 10 nitrogen and oxygen atoms in total. The third kappa shape index (κ3) is 5.50. The van der Waals surface area contributed by atoms with Gasteiger partial charge in [0.2, 0.25) is 10.0 Å². The van der Waals surface area contributed by atoms with Gasteiger partial charge in [0.05, 0.1) is 20.9 Å². The number of aromatic nitrogens is 1. The van der Waals surface area contributed by atoms with Crippen LogP contribution in [0.1, 0.15) is 52.1 Å². The first-order chi connectivity index (χ1) is 19.6. The third-order valence-corrected chi connectivity index (χ3v) is 10.7. The summed E-state index contributed by atoms with van der Waals surface area (Å²) in [5.41, 5.74) is 5.25. The lowest BCUT2D eigenvalue weighted by molar-refractivity contribution is 0.0462. The van der Waals surface area contributed by atoms with Crippen LogP contribution < -0.4 is 5.73 Å². The number of rotatable bonds is 8. The number of fused-ring (bicyclic) bond motifs is 1. The van der Waals surface area contributed by atoms with Crippen LogP contribution in [0.15, 0.2) is 88.7 Å². The predicted molar refractivity (Wildman–Crippen MR) is 152 cm³/mol. The Morgan fingerprint density at radius 2 is 1.37 bits per heavy atom. The Bertz CT molecular complexity index is 1810. The summed E-state index contributed by atoms with van der Waals surface area (Å²) in [7, 11) is -8.43. The zero-order valence-electron chi connectivity index (χ0n) is 22.1. The summed E-state index contributed by atoms with van der Waals surface area (Å²) in [6.45, 7) is 0.506. The molecular formula is C29H29N3O7S2. The molecule has 4 aromatic rings. The lowest BCUT2D eigenvalue weighted by Crippen LogP contribution is -2.31. The Hall–Kier alpha value is -4.00. The number of benzene rings is 3. The van der Waals surface area contributed by atoms with Gasteiger partial charge in [-0.1, -0.05) is 61.4 Å². The minimum Gasteiger partial charge on any atom is -0.456 e. The van der Waals surface area contributed by atoms with Gasteiger partial charge in [-0.3, -0.25) is 4.79 Å². The second-order valence-corrected chi connectivity index (χ2v) is 13.5. The zero-order chi connectivity index (χ0) is 29.2. The fourth-order valence-electron chi connectivity index (χ4n) is 5.01. The number of esters is 1. The van der Waals surface area contributed by atoms with E-state index in [2.05, 4.69) is 0 Å². The molecule has 0 unspecified atom stereocenters. The van der Waals surface area contributed by atoms with Crippen molar-refractivity contribution < 1.29 is 31.2 Å². The first kappa shape index (κ1) is 28.5. The molecule has 0 bridgehead atoms. The minimum atomic E-state index is -4.46. The van der Waals surface area contributed by atoms with E-state index >= 15 is 0 Å². The van der Waals surface area contributed by atoms with Gasteiger partial charge in [0.25, 0.3) is 15.9 Å². The van der Waals surface area contributed by atoms with Gasteiger partial charge >= 0.3 is 5.97 Å². The van der Waals surface area contributed by atoms with Crippen LogP contribution >= 0.6 is 0 Å². The number of sulfonamides is 1. The number of primary amides is 1. The summed E-state index contributed by atoms with van der Waals surface area (Å²) >= 11 is 0. The molecule has 1 aromatic heterocycles. The summed E-state index contributed by atoms with van der Waals surface area (Å²) in [6, 6.07) is 19.9. The number of ether oxygens (including phenoxy) is 1. The lowest BCUT2D eigenvalue weighted by atomic mass is 10.1. The quantitative estimate of drug-likeness (QED) is 0.304. The van der Waals surface area contributed by atoms with Gasteiger partial charge in [-0.05, 0) is 48.7 Å². The van der Waals surface area contributed by atoms with Crippen molar-refractivity contribution in [1.82, 2.24) is 8.28 Å². The van der Waals surface area contributed by atoms with Crippen molar-refractivity contribution in [1.29, 1.82) is 0 Å². The highest BCUT2D eigenvalue weighted by atomic mass is 32.2. The van der Waals surface area contributed by atoms with E-state index in [-0.39, 0.29) is 27.3 Å². The number of amides is 1. The van der Waals surface area contributed by atoms with E-state index in [9.17, 15) is 26.4 Å². The maximum atomic E-state index is 13.9. The molecule has 2 N–H and O–H groups in total. The van der Waals surface area contributed by atoms with Crippen molar-refractivity contribution in [3.8, 4) is 0 Å². The first-order valence-corrected chi connectivity index (χ1v) is 16.0. The molecule has 1 fully saturated rings. The maximum Gasteiger partial charge on any atom is 0.357 e. The predicted octanol–water partition coefficient (Wildman–Crippen LogP) is 3.90. The summed E-state index contributed by atoms with van der Waals surface area (Å²) in [4.78, 5) is 26.1. The molecule has 12 heteroatoms. The van der Waals surface area contributed by atoms with Crippen molar-refractivity contribution in [2.75, 3.05) is 13.1 Å². The number of hydrogen-bond acceptors (Lipinski definition) is 7. The smallest absolute Gasteiger partial charge is 0.357 e. The van der Waals surface area contributed by atoms with Gasteiger partial charge in [-0.25, -0.2) is 25.6 Å². The fourth-order valence-corrected chi connectivity index (χ4v) is 8.09. The van der Waals surface area contributed by atoms with E-state index in [4.69, 9.17) is 10.5 Å². The number of nitrogens with zero attached hydrogens (tertiary/aromatic N) is 2. The highest BCUT2D eigenvalue weighted by Crippen LogP contribution is 2.34. The highest BCUT2D eigenvalue weighted by Gasteiger charge is 2.35. The standard InChI is InChI=1S/C29H29N3O7S2/c30-28(33)26-24-19-23(40(35,36)31-17-9-1-2-10-18-31)15-16-25(24)32(41(37,38)22-13-7-4-8-14-22)27(26)29(34)39-20-21-11-5-3-6-12-21/h3-8,11-16,19H,1-2,9-10,17-18,20H2,(H2,30,33). The van der Waals surface area contributed by atoms with Crippen molar-refractivity contribution in [2.45, 2.75) is 42.1 Å². The SMILES string of the molecule is NC(=O)c1c(C(=O)OCc2ccccc2)n(S(=O)(=O)c2ccccc2)c2ccc(S(=O)(=O)N3CCCCCC3)cc12. The van der Waals surface area contributed by atoms with Gasteiger partial charge in [0.15, 0.2) is 5.69 Å². The normalized spacial score (nSPS) is 14.9. The number of nitrogens with two attached hydrogens (primary N) is 1. The molecule has 0 radical (unpaired) electrons. The summed E-state index contributed by atoms with van der Waals surface area (Å²) in [5.74, 6) is -2.21. The molecule has 1 amide bonds. The van der Waals surface area contributed by atoms with Crippen LogP contribution in [0, 0.1) is 0 Å². The average molecular weight is 596 g/mol. The second kappa shape index (κ2) is 11.5. The van der Waals surface area contributed by atoms with Gasteiger partial charge in [-0.15, -0.1) is 0 Å². The molecule has 1 saturated heterocycles. The number of carbonyl (C=O) groups is 2. The van der Waals surface area contributed by atoms with Crippen molar-refractivity contribution >= 4 is 42.8 Å². The molecule has 41 heavy (non-hydrogen) atoms. The summed E-state index contributed by atoms with van der Waals surface area (Å²) in [6.07, 6.45) is 3.28. The van der Waals surface area contributed by atoms with Gasteiger partial charge in [0.1, 0.15) is 6.61 Å². The molecule has 1 aliphatic heterocycles. The molecule has 1 aliphatic rings. The Morgan fingerprint density at radius 3 is 1.98 bits per heavy atom. The fraction of sp³-hybridized carbons (Fsp3) is 0.241. The Balaban J connectivity index is 1.72. The minimum absolute atomic E-state index is 0.0795. The monoisotopic (exact) mass is 595 g/mol. The van der Waals surface area contributed by atoms with Crippen LogP contribution in [0.4, 0.5) is 0 Å². The molecular weight excluding hydrogens is 566 g/mol. The van der Waals surface area contributed by atoms with Crippen LogP contribution in [0.3, 0.4) is 0 Å². The molecule has 2 heterocycles. The van der Waals surface area contributed by atoms with E-state index in [1.54, 1.807) is 36.4 Å². The van der Waals surface area contributed by atoms with Gasteiger partial charge in [0, 0.05) is 18.5 Å². The molecule has 0 spiro atoms. The van der Waals surface area contributed by atoms with Crippen LogP contribution in [-0.4, -0.2) is 50.1 Å². The largest absolute Gasteiger partial charge is 0.456 e. The van der Waals surface area contributed by atoms with Gasteiger partial charge in [-0.2, -0.15) is 4.31 Å². The Kier molecular flexibility index (Phi) is 7.98. The van der Waals surface area contributed by atoms with E-state index < -0.39 is 43.2 Å². The van der Waals surface area contributed by atoms with Crippen molar-refractivity contribution in [3.63, 3.8) is 0 Å². The van der Waals surface area contributed by atoms with Crippen LogP contribution in [0.5, 0.6) is 0 Å². The van der Waals surface area contributed by atoms with Crippen LogP contribution in [0.25, 0.3) is 10.9 Å². The zero-order valence-corrected chi connectivity index (χ0v) is 23.7. The summed E-state index contributed by atoms with van der Waals surface area (Å²) in [5, 5.41) is -0.0837. The first-order valence-electron chi connectivity index (χ1n) is 13.1. The molecule has 0 aliphatic carbocycles. The van der Waals surface area contributed by atoms with Crippen LogP contribution in [-0.2, 0) is 31.4 Å². The highest BCUT2D eigenvalue weighted by molar-refractivity contribution is 7.90. The van der Waals surface area contributed by atoms with Crippen LogP contribution in [0.2, 0.25) is 0 Å². The van der Waals surface area contributed by atoms with E-state index in [1.165, 1.54) is 46.8 Å². The van der Waals surface area contributed by atoms with Crippen molar-refractivity contribution in [2.24, 2.45) is 5.73 Å². The van der Waals surface area contributed by atoms with E-state index in [1.807, 2.05) is 0 Å². The van der Waals surface area contributed by atoms with Crippen molar-refractivity contribution in [3.05, 3.63) is 95.7 Å².